The minimum absolute atomic E-state index is 0.120. The van der Waals surface area contributed by atoms with Crippen LogP contribution in [0.3, 0.4) is 0 Å². The van der Waals surface area contributed by atoms with E-state index in [1.165, 1.54) is 25.7 Å². The van der Waals surface area contributed by atoms with Crippen LogP contribution in [0.1, 0.15) is 50.7 Å². The van der Waals surface area contributed by atoms with Crippen LogP contribution < -0.4 is 4.74 Å². The first-order chi connectivity index (χ1) is 8.74. The zero-order valence-electron chi connectivity index (χ0n) is 11.5. The maximum absolute atomic E-state index is 5.61. The van der Waals surface area contributed by atoms with Crippen molar-refractivity contribution in [3.05, 3.63) is 28.2 Å². The van der Waals surface area contributed by atoms with E-state index in [4.69, 9.17) is 9.47 Å². The number of hydrogen-bond donors (Lipinski definition) is 0. The fourth-order valence-corrected chi connectivity index (χ4v) is 2.69. The van der Waals surface area contributed by atoms with Crippen LogP contribution in [-0.4, -0.2) is 14.2 Å². The van der Waals surface area contributed by atoms with Gasteiger partial charge in [-0.1, -0.05) is 44.7 Å². The summed E-state index contributed by atoms with van der Waals surface area (Å²) in [6.45, 7) is 2.23. The third-order valence-electron chi connectivity index (χ3n) is 3.15. The summed E-state index contributed by atoms with van der Waals surface area (Å²) in [5, 5.41) is 0. The van der Waals surface area contributed by atoms with E-state index in [1.807, 2.05) is 12.1 Å². The van der Waals surface area contributed by atoms with Crippen LogP contribution in [-0.2, 0) is 4.74 Å². The van der Waals surface area contributed by atoms with Crippen molar-refractivity contribution in [3.8, 4) is 5.75 Å². The number of hydrogen-bond acceptors (Lipinski definition) is 2. The fraction of sp³-hybridized carbons (Fsp3) is 0.600. The third kappa shape index (κ3) is 4.29. The van der Waals surface area contributed by atoms with Gasteiger partial charge in [0.15, 0.2) is 0 Å². The van der Waals surface area contributed by atoms with Gasteiger partial charge in [-0.2, -0.15) is 0 Å². The Morgan fingerprint density at radius 1 is 1.17 bits per heavy atom. The Balaban J connectivity index is 2.72. The Hall–Kier alpha value is -0.540. The van der Waals surface area contributed by atoms with Gasteiger partial charge in [0.2, 0.25) is 0 Å². The monoisotopic (exact) mass is 314 g/mol. The van der Waals surface area contributed by atoms with E-state index in [0.717, 1.165) is 22.2 Å². The highest BCUT2D eigenvalue weighted by Crippen LogP contribution is 2.36. The second-order valence-electron chi connectivity index (χ2n) is 4.44. The molecule has 0 aliphatic carbocycles. The summed E-state index contributed by atoms with van der Waals surface area (Å²) in [5.74, 6) is 0.889. The van der Waals surface area contributed by atoms with Crippen LogP contribution in [0.15, 0.2) is 22.7 Å². The topological polar surface area (TPSA) is 18.5 Å². The zero-order valence-corrected chi connectivity index (χ0v) is 13.1. The predicted octanol–water partition coefficient (Wildman–Crippen LogP) is 5.12. The molecule has 0 amide bonds. The van der Waals surface area contributed by atoms with Gasteiger partial charge in [-0.15, -0.1) is 0 Å². The third-order valence-corrected chi connectivity index (χ3v) is 3.78. The molecular weight excluding hydrogens is 292 g/mol. The molecule has 3 heteroatoms. The number of rotatable bonds is 8. The molecule has 0 saturated carbocycles. The minimum Gasteiger partial charge on any atom is -0.495 e. The number of benzene rings is 1. The van der Waals surface area contributed by atoms with Gasteiger partial charge >= 0.3 is 0 Å². The quantitative estimate of drug-likeness (QED) is 0.620. The maximum atomic E-state index is 5.61. The average Bonchev–Trinajstić information content (AvgIpc) is 2.39. The normalized spacial score (nSPS) is 12.4. The van der Waals surface area contributed by atoms with Gasteiger partial charge in [-0.3, -0.25) is 0 Å². The van der Waals surface area contributed by atoms with Gasteiger partial charge in [0.25, 0.3) is 0 Å². The molecule has 0 heterocycles. The Morgan fingerprint density at radius 2 is 1.94 bits per heavy atom. The maximum Gasteiger partial charge on any atom is 0.138 e. The van der Waals surface area contributed by atoms with Crippen molar-refractivity contribution in [2.45, 2.75) is 45.1 Å². The molecule has 18 heavy (non-hydrogen) atoms. The van der Waals surface area contributed by atoms with Crippen molar-refractivity contribution in [2.24, 2.45) is 0 Å². The number of unbranched alkanes of at least 4 members (excludes halogenated alkanes) is 3. The lowest BCUT2D eigenvalue weighted by molar-refractivity contribution is 0.0907. The summed E-state index contributed by atoms with van der Waals surface area (Å²) < 4.78 is 12.1. The van der Waals surface area contributed by atoms with E-state index >= 15 is 0 Å². The number of ether oxygens (including phenoxy) is 2. The molecule has 1 aromatic carbocycles. The highest BCUT2D eigenvalue weighted by atomic mass is 79.9. The highest BCUT2D eigenvalue weighted by molar-refractivity contribution is 9.10. The molecule has 0 radical (unpaired) electrons. The molecule has 0 saturated heterocycles. The molecule has 1 atom stereocenters. The summed E-state index contributed by atoms with van der Waals surface area (Å²) in [7, 11) is 3.47. The van der Waals surface area contributed by atoms with Crippen LogP contribution in [0.5, 0.6) is 5.75 Å². The van der Waals surface area contributed by atoms with E-state index in [0.29, 0.717) is 0 Å². The second kappa shape index (κ2) is 8.54. The van der Waals surface area contributed by atoms with Crippen LogP contribution >= 0.6 is 15.9 Å². The first-order valence-electron chi connectivity index (χ1n) is 6.59. The van der Waals surface area contributed by atoms with E-state index in [-0.39, 0.29) is 6.10 Å². The molecule has 1 unspecified atom stereocenters. The largest absolute Gasteiger partial charge is 0.495 e. The van der Waals surface area contributed by atoms with E-state index in [1.54, 1.807) is 14.2 Å². The molecule has 102 valence electrons. The molecule has 1 rings (SSSR count). The van der Waals surface area contributed by atoms with Gasteiger partial charge in [0.05, 0.1) is 17.7 Å². The Kier molecular flexibility index (Phi) is 7.36. The van der Waals surface area contributed by atoms with Gasteiger partial charge in [-0.25, -0.2) is 0 Å². The first-order valence-corrected chi connectivity index (χ1v) is 7.39. The molecule has 0 aromatic heterocycles. The van der Waals surface area contributed by atoms with Crippen LogP contribution in [0, 0.1) is 0 Å². The first kappa shape index (κ1) is 15.5. The lowest BCUT2D eigenvalue weighted by Gasteiger charge is -2.19. The van der Waals surface area contributed by atoms with Crippen molar-refractivity contribution in [1.29, 1.82) is 0 Å². The van der Waals surface area contributed by atoms with Crippen molar-refractivity contribution < 1.29 is 9.47 Å². The van der Waals surface area contributed by atoms with Crippen LogP contribution in [0.25, 0.3) is 0 Å². The lowest BCUT2D eigenvalue weighted by atomic mass is 10.0. The zero-order chi connectivity index (χ0) is 13.4. The molecule has 0 aliphatic heterocycles. The smallest absolute Gasteiger partial charge is 0.138 e. The van der Waals surface area contributed by atoms with Crippen LogP contribution in [0.4, 0.5) is 0 Å². The van der Waals surface area contributed by atoms with Gasteiger partial charge in [0.1, 0.15) is 5.75 Å². The van der Waals surface area contributed by atoms with Crippen molar-refractivity contribution in [1.82, 2.24) is 0 Å². The Bertz CT molecular complexity index is 352. The number of methoxy groups -OCH3 is 2. The summed E-state index contributed by atoms with van der Waals surface area (Å²) in [4.78, 5) is 0. The second-order valence-corrected chi connectivity index (χ2v) is 5.29. The van der Waals surface area contributed by atoms with E-state index < -0.39 is 0 Å². The van der Waals surface area contributed by atoms with E-state index in [2.05, 4.69) is 28.9 Å². The standard InChI is InChI=1S/C15H23BrO2/c1-4-5-6-7-11-14(17-2)12-9-8-10-13(16)15(12)18-3/h8-10,14H,4-7,11H2,1-3H3. The number of halogens is 1. The van der Waals surface area contributed by atoms with Crippen molar-refractivity contribution >= 4 is 15.9 Å². The van der Waals surface area contributed by atoms with Crippen molar-refractivity contribution in [3.63, 3.8) is 0 Å². The SMILES string of the molecule is CCCCCCC(OC)c1cccc(Br)c1OC. The summed E-state index contributed by atoms with van der Waals surface area (Å²) in [5.41, 5.74) is 1.13. The van der Waals surface area contributed by atoms with Gasteiger partial charge in [0, 0.05) is 12.7 Å². The predicted molar refractivity (Wildman–Crippen MR) is 79.2 cm³/mol. The fourth-order valence-electron chi connectivity index (χ4n) is 2.15. The molecule has 2 nitrogen and oxygen atoms in total. The molecule has 0 fully saturated rings. The van der Waals surface area contributed by atoms with Crippen LogP contribution in [0.2, 0.25) is 0 Å². The van der Waals surface area contributed by atoms with Gasteiger partial charge < -0.3 is 9.47 Å². The minimum atomic E-state index is 0.120. The molecule has 0 N–H and O–H groups in total. The van der Waals surface area contributed by atoms with E-state index in [9.17, 15) is 0 Å². The summed E-state index contributed by atoms with van der Waals surface area (Å²) in [6, 6.07) is 6.10. The molecular formula is C15H23BrO2. The Labute approximate surface area is 119 Å². The lowest BCUT2D eigenvalue weighted by Crippen LogP contribution is -2.04. The molecule has 0 spiro atoms. The van der Waals surface area contributed by atoms with Gasteiger partial charge in [-0.05, 0) is 28.4 Å². The summed E-state index contributed by atoms with van der Waals surface area (Å²) in [6.07, 6.45) is 6.19. The molecule has 0 bridgehead atoms. The molecule has 0 aliphatic rings. The number of para-hydroxylation sites is 1. The Morgan fingerprint density at radius 3 is 2.56 bits per heavy atom. The molecule has 1 aromatic rings. The summed E-state index contributed by atoms with van der Waals surface area (Å²) >= 11 is 3.52. The average molecular weight is 315 g/mol. The highest BCUT2D eigenvalue weighted by Gasteiger charge is 2.16. The van der Waals surface area contributed by atoms with Crippen molar-refractivity contribution in [2.75, 3.05) is 14.2 Å².